The van der Waals surface area contributed by atoms with Crippen molar-refractivity contribution in [1.29, 1.82) is 0 Å². The standard InChI is InChI=1S/C22H27N5O.HI/c1-2-23-22(24-13-15-28-18-19-8-4-3-5-9-19)25-17-20-10-6-11-21(16-20)27-14-7-12-26-27;/h3-12,14,16H,2,13,15,17-18H2,1H3,(H2,23,24,25);1H. The number of ether oxygens (including phenoxy) is 1. The minimum Gasteiger partial charge on any atom is -0.375 e. The zero-order chi connectivity index (χ0) is 19.4. The Morgan fingerprint density at radius 2 is 1.86 bits per heavy atom. The fraction of sp³-hybridized carbons (Fsp3) is 0.273. The minimum atomic E-state index is 0. The van der Waals surface area contributed by atoms with E-state index in [1.165, 1.54) is 5.56 Å². The lowest BCUT2D eigenvalue weighted by Crippen LogP contribution is -2.38. The number of benzene rings is 2. The van der Waals surface area contributed by atoms with Crippen LogP contribution in [0.4, 0.5) is 0 Å². The van der Waals surface area contributed by atoms with Crippen molar-refractivity contribution in [3.8, 4) is 5.69 Å². The van der Waals surface area contributed by atoms with Gasteiger partial charge in [0.2, 0.25) is 0 Å². The largest absolute Gasteiger partial charge is 0.375 e. The van der Waals surface area contributed by atoms with Crippen LogP contribution in [-0.4, -0.2) is 35.4 Å². The monoisotopic (exact) mass is 505 g/mol. The highest BCUT2D eigenvalue weighted by atomic mass is 127. The molecule has 1 heterocycles. The predicted octanol–water partition coefficient (Wildman–Crippen LogP) is 3.76. The lowest BCUT2D eigenvalue weighted by atomic mass is 10.2. The topological polar surface area (TPSA) is 63.5 Å². The van der Waals surface area contributed by atoms with Gasteiger partial charge in [0.05, 0.1) is 25.4 Å². The van der Waals surface area contributed by atoms with Crippen molar-refractivity contribution < 1.29 is 4.74 Å². The molecule has 3 rings (SSSR count). The molecule has 0 spiro atoms. The number of guanidine groups is 1. The molecule has 0 saturated carbocycles. The summed E-state index contributed by atoms with van der Waals surface area (Å²) in [4.78, 5) is 4.67. The second kappa shape index (κ2) is 12.9. The van der Waals surface area contributed by atoms with E-state index in [0.717, 1.165) is 23.8 Å². The third-order valence-corrected chi connectivity index (χ3v) is 4.09. The summed E-state index contributed by atoms with van der Waals surface area (Å²) in [5.41, 5.74) is 3.34. The van der Waals surface area contributed by atoms with Crippen LogP contribution in [0.3, 0.4) is 0 Å². The maximum Gasteiger partial charge on any atom is 0.191 e. The highest BCUT2D eigenvalue weighted by Gasteiger charge is 2.01. The first-order valence-corrected chi connectivity index (χ1v) is 9.58. The molecule has 1 aromatic heterocycles. The van der Waals surface area contributed by atoms with Gasteiger partial charge in [-0.2, -0.15) is 5.10 Å². The Morgan fingerprint density at radius 3 is 2.62 bits per heavy atom. The molecule has 0 aliphatic heterocycles. The Bertz CT molecular complexity index is 853. The van der Waals surface area contributed by atoms with Gasteiger partial charge in [-0.3, -0.25) is 0 Å². The normalized spacial score (nSPS) is 11.0. The summed E-state index contributed by atoms with van der Waals surface area (Å²) >= 11 is 0. The van der Waals surface area contributed by atoms with Crippen LogP contribution in [-0.2, 0) is 17.9 Å². The summed E-state index contributed by atoms with van der Waals surface area (Å²) < 4.78 is 7.56. The molecule has 0 aliphatic rings. The highest BCUT2D eigenvalue weighted by molar-refractivity contribution is 14.0. The smallest absolute Gasteiger partial charge is 0.191 e. The molecule has 3 aromatic rings. The van der Waals surface area contributed by atoms with Crippen molar-refractivity contribution in [3.05, 3.63) is 84.2 Å². The molecule has 0 fully saturated rings. The molecule has 0 saturated heterocycles. The average molecular weight is 505 g/mol. The lowest BCUT2D eigenvalue weighted by Gasteiger charge is -2.12. The number of nitrogens with one attached hydrogen (secondary N) is 2. The number of aliphatic imine (C=N–C) groups is 1. The molecule has 29 heavy (non-hydrogen) atoms. The van der Waals surface area contributed by atoms with Crippen molar-refractivity contribution in [3.63, 3.8) is 0 Å². The van der Waals surface area contributed by atoms with Crippen LogP contribution in [0.5, 0.6) is 0 Å². The van der Waals surface area contributed by atoms with E-state index in [9.17, 15) is 0 Å². The van der Waals surface area contributed by atoms with Crippen molar-refractivity contribution >= 4 is 29.9 Å². The van der Waals surface area contributed by atoms with Crippen LogP contribution in [0.15, 0.2) is 78.0 Å². The summed E-state index contributed by atoms with van der Waals surface area (Å²) in [7, 11) is 0. The molecule has 6 nitrogen and oxygen atoms in total. The van der Waals surface area contributed by atoms with E-state index in [4.69, 9.17) is 4.74 Å². The number of aromatic nitrogens is 2. The quantitative estimate of drug-likeness (QED) is 0.201. The fourth-order valence-corrected chi connectivity index (χ4v) is 2.74. The van der Waals surface area contributed by atoms with E-state index in [1.54, 1.807) is 6.20 Å². The van der Waals surface area contributed by atoms with Crippen LogP contribution < -0.4 is 10.6 Å². The molecule has 0 unspecified atom stereocenters. The van der Waals surface area contributed by atoms with E-state index < -0.39 is 0 Å². The number of hydrogen-bond donors (Lipinski definition) is 2. The fourth-order valence-electron chi connectivity index (χ4n) is 2.74. The summed E-state index contributed by atoms with van der Waals surface area (Å²) in [6.45, 7) is 5.40. The second-order valence-electron chi connectivity index (χ2n) is 6.28. The summed E-state index contributed by atoms with van der Waals surface area (Å²) in [5.74, 6) is 0.787. The third kappa shape index (κ3) is 7.86. The number of hydrogen-bond acceptors (Lipinski definition) is 3. The van der Waals surface area contributed by atoms with Crippen LogP contribution in [0.25, 0.3) is 5.69 Å². The van der Waals surface area contributed by atoms with Gasteiger partial charge in [-0.1, -0.05) is 42.5 Å². The van der Waals surface area contributed by atoms with E-state index >= 15 is 0 Å². The van der Waals surface area contributed by atoms with Crippen LogP contribution >= 0.6 is 24.0 Å². The van der Waals surface area contributed by atoms with E-state index in [-0.39, 0.29) is 24.0 Å². The molecule has 2 aromatic carbocycles. The Morgan fingerprint density at radius 1 is 1.03 bits per heavy atom. The van der Waals surface area contributed by atoms with Crippen molar-refractivity contribution in [2.24, 2.45) is 4.99 Å². The van der Waals surface area contributed by atoms with Gasteiger partial charge >= 0.3 is 0 Å². The Hall–Kier alpha value is -2.39. The van der Waals surface area contributed by atoms with Gasteiger partial charge in [0.15, 0.2) is 5.96 Å². The van der Waals surface area contributed by atoms with Gasteiger partial charge in [-0.25, -0.2) is 9.67 Å². The van der Waals surface area contributed by atoms with Gasteiger partial charge in [0.1, 0.15) is 0 Å². The first-order valence-electron chi connectivity index (χ1n) is 9.58. The van der Waals surface area contributed by atoms with Crippen molar-refractivity contribution in [2.75, 3.05) is 19.7 Å². The molecule has 0 atom stereocenters. The van der Waals surface area contributed by atoms with Crippen molar-refractivity contribution in [1.82, 2.24) is 20.4 Å². The summed E-state index contributed by atoms with van der Waals surface area (Å²) in [6, 6.07) is 20.3. The van der Waals surface area contributed by atoms with Crippen LogP contribution in [0.2, 0.25) is 0 Å². The van der Waals surface area contributed by atoms with Crippen LogP contribution in [0.1, 0.15) is 18.1 Å². The molecule has 0 radical (unpaired) electrons. The summed E-state index contributed by atoms with van der Waals surface area (Å²) in [5, 5.41) is 10.9. The zero-order valence-electron chi connectivity index (χ0n) is 16.6. The van der Waals surface area contributed by atoms with E-state index in [0.29, 0.717) is 26.3 Å². The SMILES string of the molecule is CCNC(=NCc1cccc(-n2cccn2)c1)NCCOCc1ccccc1.I. The van der Waals surface area contributed by atoms with Crippen molar-refractivity contribution in [2.45, 2.75) is 20.1 Å². The maximum atomic E-state index is 5.71. The molecule has 154 valence electrons. The first-order chi connectivity index (χ1) is 13.8. The Labute approximate surface area is 189 Å². The zero-order valence-corrected chi connectivity index (χ0v) is 19.0. The van der Waals surface area contributed by atoms with Gasteiger partial charge < -0.3 is 15.4 Å². The van der Waals surface area contributed by atoms with Gasteiger partial charge in [-0.05, 0) is 36.2 Å². The Balaban J connectivity index is 0.00000300. The van der Waals surface area contributed by atoms with E-state index in [2.05, 4.69) is 51.9 Å². The van der Waals surface area contributed by atoms with Gasteiger partial charge in [0, 0.05) is 25.5 Å². The molecule has 7 heteroatoms. The van der Waals surface area contributed by atoms with E-state index in [1.807, 2.05) is 47.3 Å². The number of rotatable bonds is 9. The highest BCUT2D eigenvalue weighted by Crippen LogP contribution is 2.10. The molecular formula is C22H28IN5O. The van der Waals surface area contributed by atoms with Gasteiger partial charge in [0.25, 0.3) is 0 Å². The van der Waals surface area contributed by atoms with Crippen LogP contribution in [0, 0.1) is 0 Å². The first kappa shape index (κ1) is 22.9. The Kier molecular flexibility index (Phi) is 10.2. The second-order valence-corrected chi connectivity index (χ2v) is 6.28. The third-order valence-electron chi connectivity index (χ3n) is 4.09. The molecule has 2 N–H and O–H groups in total. The molecular weight excluding hydrogens is 477 g/mol. The van der Waals surface area contributed by atoms with Gasteiger partial charge in [-0.15, -0.1) is 24.0 Å². The maximum absolute atomic E-state index is 5.71. The molecule has 0 amide bonds. The number of nitrogens with zero attached hydrogens (tertiary/aromatic N) is 3. The summed E-state index contributed by atoms with van der Waals surface area (Å²) in [6.07, 6.45) is 3.71. The molecule has 0 aliphatic carbocycles. The lowest BCUT2D eigenvalue weighted by molar-refractivity contribution is 0.125. The number of halogens is 1. The predicted molar refractivity (Wildman–Crippen MR) is 128 cm³/mol. The average Bonchev–Trinajstić information content (AvgIpc) is 3.28. The molecule has 0 bridgehead atoms. The minimum absolute atomic E-state index is 0.